The molecular formula is C16H24N2O4S. The van der Waals surface area contributed by atoms with E-state index < -0.39 is 15.9 Å². The number of amides is 1. The summed E-state index contributed by atoms with van der Waals surface area (Å²) >= 11 is 0. The van der Waals surface area contributed by atoms with Gasteiger partial charge < -0.3 is 15.4 Å². The van der Waals surface area contributed by atoms with E-state index in [0.29, 0.717) is 24.1 Å². The highest BCUT2D eigenvalue weighted by molar-refractivity contribution is 7.92. The van der Waals surface area contributed by atoms with Gasteiger partial charge in [0.25, 0.3) is 0 Å². The third-order valence-corrected chi connectivity index (χ3v) is 6.35. The first-order valence-electron chi connectivity index (χ1n) is 7.56. The Hall–Kier alpha value is -1.76. The van der Waals surface area contributed by atoms with Gasteiger partial charge in [-0.05, 0) is 51.8 Å². The van der Waals surface area contributed by atoms with Crippen LogP contribution in [0.4, 0.5) is 10.5 Å². The maximum atomic E-state index is 12.5. The van der Waals surface area contributed by atoms with Gasteiger partial charge in [0.05, 0.1) is 10.1 Å². The fourth-order valence-electron chi connectivity index (χ4n) is 2.06. The van der Waals surface area contributed by atoms with E-state index in [1.807, 2.05) is 20.8 Å². The topological polar surface area (TPSA) is 89.7 Å². The van der Waals surface area contributed by atoms with E-state index in [9.17, 15) is 13.2 Å². The Kier molecular flexibility index (Phi) is 4.61. The van der Waals surface area contributed by atoms with Crippen molar-refractivity contribution < 1.29 is 17.9 Å². The van der Waals surface area contributed by atoms with E-state index in [-0.39, 0.29) is 22.3 Å². The second-order valence-electron chi connectivity index (χ2n) is 6.90. The molecule has 1 aliphatic carbocycles. The normalized spacial score (nSPS) is 15.3. The number of rotatable bonds is 4. The number of nitrogens with two attached hydrogens (primary N) is 1. The van der Waals surface area contributed by atoms with Gasteiger partial charge >= 0.3 is 6.09 Å². The Morgan fingerprint density at radius 2 is 1.96 bits per heavy atom. The van der Waals surface area contributed by atoms with Gasteiger partial charge in [-0.25, -0.2) is 13.2 Å². The van der Waals surface area contributed by atoms with Crippen molar-refractivity contribution >= 4 is 21.6 Å². The number of ether oxygens (including phenoxy) is 1. The number of nitrogen functional groups attached to an aromatic ring is 1. The van der Waals surface area contributed by atoms with E-state index in [4.69, 9.17) is 10.5 Å². The maximum absolute atomic E-state index is 12.5. The summed E-state index contributed by atoms with van der Waals surface area (Å²) in [6.07, 6.45) is 0.854. The van der Waals surface area contributed by atoms with Crippen LogP contribution in [-0.4, -0.2) is 37.2 Å². The predicted molar refractivity (Wildman–Crippen MR) is 88.8 cm³/mol. The number of carbonyl (C=O) groups excluding carboxylic acids is 1. The first kappa shape index (κ1) is 17.6. The average molecular weight is 340 g/mol. The molecule has 6 nitrogen and oxygen atoms in total. The minimum absolute atomic E-state index is 0.119. The summed E-state index contributed by atoms with van der Waals surface area (Å²) in [5, 5.41) is -0.321. The van der Waals surface area contributed by atoms with Crippen LogP contribution in [0.5, 0.6) is 0 Å². The average Bonchev–Trinajstić information content (AvgIpc) is 3.27. The molecule has 1 aromatic rings. The number of sulfone groups is 1. The molecular weight excluding hydrogens is 316 g/mol. The Labute approximate surface area is 137 Å². The van der Waals surface area contributed by atoms with Crippen LogP contribution in [0.15, 0.2) is 23.1 Å². The number of benzene rings is 1. The maximum Gasteiger partial charge on any atom is 0.410 e. The summed E-state index contributed by atoms with van der Waals surface area (Å²) in [4.78, 5) is 13.8. The molecule has 2 rings (SSSR count). The summed E-state index contributed by atoms with van der Waals surface area (Å²) in [5.74, 6) is 0. The van der Waals surface area contributed by atoms with E-state index in [2.05, 4.69) is 0 Å². The van der Waals surface area contributed by atoms with Crippen LogP contribution in [0.25, 0.3) is 0 Å². The van der Waals surface area contributed by atoms with E-state index >= 15 is 0 Å². The van der Waals surface area contributed by atoms with Crippen LogP contribution in [0, 0.1) is 0 Å². The van der Waals surface area contributed by atoms with Gasteiger partial charge in [0.2, 0.25) is 0 Å². The molecule has 0 atom stereocenters. The molecule has 0 heterocycles. The van der Waals surface area contributed by atoms with Crippen LogP contribution in [-0.2, 0) is 21.2 Å². The van der Waals surface area contributed by atoms with E-state index in [1.165, 1.54) is 11.0 Å². The van der Waals surface area contributed by atoms with Gasteiger partial charge in [-0.1, -0.05) is 0 Å². The van der Waals surface area contributed by atoms with Crippen LogP contribution in [0.2, 0.25) is 0 Å². The number of hydrogen-bond donors (Lipinski definition) is 1. The van der Waals surface area contributed by atoms with E-state index in [1.54, 1.807) is 19.2 Å². The zero-order valence-corrected chi connectivity index (χ0v) is 14.8. The molecule has 0 spiro atoms. The lowest BCUT2D eigenvalue weighted by Gasteiger charge is -2.31. The van der Waals surface area contributed by atoms with Gasteiger partial charge in [0.1, 0.15) is 6.61 Å². The summed E-state index contributed by atoms with van der Waals surface area (Å²) in [6, 6.07) is 4.61. The van der Waals surface area contributed by atoms with E-state index in [0.717, 1.165) is 0 Å². The fourth-order valence-corrected chi connectivity index (χ4v) is 3.91. The predicted octanol–water partition coefficient (Wildman–Crippen LogP) is 2.57. The van der Waals surface area contributed by atoms with Gasteiger partial charge in [-0.3, -0.25) is 0 Å². The zero-order chi connectivity index (χ0) is 17.4. The van der Waals surface area contributed by atoms with Gasteiger partial charge in [0, 0.05) is 23.8 Å². The lowest BCUT2D eigenvalue weighted by Crippen LogP contribution is -2.42. The summed E-state index contributed by atoms with van der Waals surface area (Å²) in [7, 11) is -1.73. The monoisotopic (exact) mass is 340 g/mol. The second kappa shape index (κ2) is 6.03. The van der Waals surface area contributed by atoms with Crippen molar-refractivity contribution in [1.29, 1.82) is 0 Å². The molecule has 0 radical (unpaired) electrons. The van der Waals surface area contributed by atoms with Crippen molar-refractivity contribution in [2.24, 2.45) is 0 Å². The number of anilines is 1. The molecule has 0 aliphatic heterocycles. The van der Waals surface area contributed by atoms with Crippen LogP contribution in [0.1, 0.15) is 39.2 Å². The highest BCUT2D eigenvalue weighted by atomic mass is 32.2. The molecule has 1 aliphatic rings. The molecule has 1 fully saturated rings. The summed E-state index contributed by atoms with van der Waals surface area (Å²) in [6.45, 7) is 5.54. The van der Waals surface area contributed by atoms with Crippen molar-refractivity contribution in [3.63, 3.8) is 0 Å². The van der Waals surface area contributed by atoms with Crippen molar-refractivity contribution in [1.82, 2.24) is 4.90 Å². The molecule has 0 aromatic heterocycles. The largest absolute Gasteiger partial charge is 0.444 e. The molecule has 0 unspecified atom stereocenters. The minimum Gasteiger partial charge on any atom is -0.444 e. The van der Waals surface area contributed by atoms with Gasteiger partial charge in [0.15, 0.2) is 9.84 Å². The summed E-state index contributed by atoms with van der Waals surface area (Å²) < 4.78 is 30.2. The first-order chi connectivity index (χ1) is 10.5. The standard InChI is InChI=1S/C16H24N2O4S/c1-16(2,3)18(4)15(19)22-10-11-9-12(17)5-8-14(11)23(20,21)13-6-7-13/h5,8-9,13H,6-7,10,17H2,1-4H3. The highest BCUT2D eigenvalue weighted by Gasteiger charge is 2.38. The number of carbonyl (C=O) groups is 1. The van der Waals surface area contributed by atoms with Crippen molar-refractivity contribution in [2.45, 2.75) is 55.9 Å². The minimum atomic E-state index is -3.37. The number of hydrogen-bond acceptors (Lipinski definition) is 5. The highest BCUT2D eigenvalue weighted by Crippen LogP contribution is 2.35. The molecule has 2 N–H and O–H groups in total. The third-order valence-electron chi connectivity index (χ3n) is 3.99. The number of nitrogens with zero attached hydrogens (tertiary/aromatic N) is 1. The van der Waals surface area contributed by atoms with Crippen molar-refractivity contribution in [3.05, 3.63) is 23.8 Å². The van der Waals surface area contributed by atoms with Gasteiger partial charge in [-0.15, -0.1) is 0 Å². The summed E-state index contributed by atoms with van der Waals surface area (Å²) in [5.41, 5.74) is 6.24. The second-order valence-corrected chi connectivity index (χ2v) is 9.09. The molecule has 128 valence electrons. The van der Waals surface area contributed by atoms with Crippen LogP contribution >= 0.6 is 0 Å². The van der Waals surface area contributed by atoms with Crippen LogP contribution < -0.4 is 5.73 Å². The molecule has 7 heteroatoms. The molecule has 0 bridgehead atoms. The van der Waals surface area contributed by atoms with Crippen molar-refractivity contribution in [3.8, 4) is 0 Å². The lowest BCUT2D eigenvalue weighted by molar-refractivity contribution is 0.0753. The molecule has 1 saturated carbocycles. The molecule has 1 amide bonds. The molecule has 0 saturated heterocycles. The Balaban J connectivity index is 2.20. The Morgan fingerprint density at radius 1 is 1.35 bits per heavy atom. The van der Waals surface area contributed by atoms with Crippen LogP contribution in [0.3, 0.4) is 0 Å². The smallest absolute Gasteiger partial charge is 0.410 e. The fraction of sp³-hybridized carbons (Fsp3) is 0.562. The molecule has 23 heavy (non-hydrogen) atoms. The third kappa shape index (κ3) is 3.96. The quantitative estimate of drug-likeness (QED) is 0.851. The zero-order valence-electron chi connectivity index (χ0n) is 14.0. The first-order valence-corrected chi connectivity index (χ1v) is 9.11. The molecule has 1 aromatic carbocycles. The van der Waals surface area contributed by atoms with Crippen molar-refractivity contribution in [2.75, 3.05) is 12.8 Å². The lowest BCUT2D eigenvalue weighted by atomic mass is 10.1. The Bertz CT molecular complexity index is 703. The SMILES string of the molecule is CN(C(=O)OCc1cc(N)ccc1S(=O)(=O)C1CC1)C(C)(C)C. The van der Waals surface area contributed by atoms with Gasteiger partial charge in [-0.2, -0.15) is 0 Å². The Morgan fingerprint density at radius 3 is 2.48 bits per heavy atom.